The second-order valence-corrected chi connectivity index (χ2v) is 11.1. The molecule has 0 unspecified atom stereocenters. The number of unbranched alkanes of at least 4 members (excludes halogenated alkanes) is 19. The van der Waals surface area contributed by atoms with E-state index in [1.165, 1.54) is 167 Å². The third-order valence-corrected chi connectivity index (χ3v) is 7.16. The molecule has 0 aliphatic rings. The second kappa shape index (κ2) is 27.2. The Morgan fingerprint density at radius 1 is 0.375 bits per heavy atom. The predicted octanol–water partition coefficient (Wildman–Crippen LogP) is 11.0. The van der Waals surface area contributed by atoms with Crippen molar-refractivity contribution in [1.82, 2.24) is 4.90 Å². The quantitative estimate of drug-likeness (QED) is 0.112. The molecule has 0 bridgehead atoms. The molecule has 194 valence electrons. The lowest BCUT2D eigenvalue weighted by Crippen LogP contribution is -2.27. The molecule has 0 atom stereocenters. The maximum Gasteiger partial charge on any atom is -0.00187 e. The van der Waals surface area contributed by atoms with Crippen LogP contribution in [-0.4, -0.2) is 24.5 Å². The standard InChI is InChI=1S/C31H65N/c1-5-7-9-11-13-15-17-20-24-28-32(30-26-22-19-23-27-31(3)4)29-25-21-18-16-14-12-10-8-6-2/h31H,5-30H2,1-4H3. The molecule has 0 heterocycles. The van der Waals surface area contributed by atoms with Gasteiger partial charge in [0.25, 0.3) is 0 Å². The Hall–Kier alpha value is -0.0400. The topological polar surface area (TPSA) is 3.24 Å². The molecule has 0 N–H and O–H groups in total. The molecule has 0 amide bonds. The molecular weight excluding hydrogens is 386 g/mol. The Balaban J connectivity index is 3.84. The first-order chi connectivity index (χ1) is 15.7. The molecule has 0 aromatic heterocycles. The van der Waals surface area contributed by atoms with Crippen molar-refractivity contribution in [2.24, 2.45) is 5.92 Å². The van der Waals surface area contributed by atoms with Crippen LogP contribution in [0.5, 0.6) is 0 Å². The Morgan fingerprint density at radius 2 is 0.656 bits per heavy atom. The fourth-order valence-corrected chi connectivity index (χ4v) is 4.87. The summed E-state index contributed by atoms with van der Waals surface area (Å²) in [5.41, 5.74) is 0. The Kier molecular flexibility index (Phi) is 27.2. The monoisotopic (exact) mass is 452 g/mol. The van der Waals surface area contributed by atoms with Gasteiger partial charge in [-0.15, -0.1) is 0 Å². The third kappa shape index (κ3) is 26.2. The van der Waals surface area contributed by atoms with Gasteiger partial charge < -0.3 is 4.90 Å². The van der Waals surface area contributed by atoms with Crippen LogP contribution in [0.2, 0.25) is 0 Å². The summed E-state index contributed by atoms with van der Waals surface area (Å²) in [6.07, 6.45) is 33.2. The second-order valence-electron chi connectivity index (χ2n) is 11.1. The van der Waals surface area contributed by atoms with Crippen LogP contribution in [0.25, 0.3) is 0 Å². The van der Waals surface area contributed by atoms with Gasteiger partial charge in [0.15, 0.2) is 0 Å². The SMILES string of the molecule is CCCCCCCCCCCN(CCCCCCCCCCC)CCCCCCC(C)C. The molecular formula is C31H65N. The molecule has 0 aliphatic heterocycles. The van der Waals surface area contributed by atoms with Crippen LogP contribution in [0.4, 0.5) is 0 Å². The van der Waals surface area contributed by atoms with Gasteiger partial charge in [0.1, 0.15) is 0 Å². The zero-order valence-electron chi connectivity index (χ0n) is 23.4. The van der Waals surface area contributed by atoms with Crippen LogP contribution in [-0.2, 0) is 0 Å². The highest BCUT2D eigenvalue weighted by Crippen LogP contribution is 2.14. The van der Waals surface area contributed by atoms with Gasteiger partial charge in [0.2, 0.25) is 0 Å². The average molecular weight is 452 g/mol. The first-order valence-corrected chi connectivity index (χ1v) is 15.4. The van der Waals surface area contributed by atoms with E-state index in [0.29, 0.717) is 0 Å². The smallest absolute Gasteiger partial charge is 0.00187 e. The predicted molar refractivity (Wildman–Crippen MR) is 149 cm³/mol. The summed E-state index contributed by atoms with van der Waals surface area (Å²) in [5, 5.41) is 0. The molecule has 0 saturated heterocycles. The van der Waals surface area contributed by atoms with Crippen molar-refractivity contribution < 1.29 is 0 Å². The minimum Gasteiger partial charge on any atom is -0.303 e. The van der Waals surface area contributed by atoms with Crippen LogP contribution in [0.1, 0.15) is 175 Å². The zero-order valence-corrected chi connectivity index (χ0v) is 23.4. The molecule has 0 aromatic rings. The highest BCUT2D eigenvalue weighted by molar-refractivity contribution is 4.61. The van der Waals surface area contributed by atoms with Gasteiger partial charge in [-0.25, -0.2) is 0 Å². The lowest BCUT2D eigenvalue weighted by atomic mass is 10.0. The van der Waals surface area contributed by atoms with Crippen LogP contribution in [0.15, 0.2) is 0 Å². The summed E-state index contributed by atoms with van der Waals surface area (Å²) >= 11 is 0. The highest BCUT2D eigenvalue weighted by atomic mass is 15.1. The lowest BCUT2D eigenvalue weighted by Gasteiger charge is -2.22. The molecule has 1 nitrogen and oxygen atoms in total. The van der Waals surface area contributed by atoms with Gasteiger partial charge in [-0.2, -0.15) is 0 Å². The van der Waals surface area contributed by atoms with E-state index >= 15 is 0 Å². The average Bonchev–Trinajstić information content (AvgIpc) is 2.78. The fraction of sp³-hybridized carbons (Fsp3) is 1.00. The van der Waals surface area contributed by atoms with Crippen molar-refractivity contribution in [2.45, 2.75) is 175 Å². The van der Waals surface area contributed by atoms with Gasteiger partial charge in [0, 0.05) is 0 Å². The van der Waals surface area contributed by atoms with Crippen molar-refractivity contribution in [3.8, 4) is 0 Å². The summed E-state index contributed by atoms with van der Waals surface area (Å²) in [7, 11) is 0. The summed E-state index contributed by atoms with van der Waals surface area (Å²) in [6.45, 7) is 13.4. The van der Waals surface area contributed by atoms with Crippen molar-refractivity contribution >= 4 is 0 Å². The van der Waals surface area contributed by atoms with Crippen molar-refractivity contribution in [2.75, 3.05) is 19.6 Å². The zero-order chi connectivity index (χ0) is 23.5. The molecule has 0 aliphatic carbocycles. The number of rotatable bonds is 27. The van der Waals surface area contributed by atoms with Crippen LogP contribution in [0.3, 0.4) is 0 Å². The van der Waals surface area contributed by atoms with E-state index in [0.717, 1.165) is 5.92 Å². The third-order valence-electron chi connectivity index (χ3n) is 7.16. The Bertz CT molecular complexity index is 302. The van der Waals surface area contributed by atoms with Crippen LogP contribution < -0.4 is 0 Å². The highest BCUT2D eigenvalue weighted by Gasteiger charge is 2.05. The molecule has 0 aromatic carbocycles. The molecule has 0 saturated carbocycles. The normalized spacial score (nSPS) is 11.8. The van der Waals surface area contributed by atoms with E-state index in [4.69, 9.17) is 0 Å². The Labute approximate surface area is 205 Å². The maximum atomic E-state index is 2.82. The van der Waals surface area contributed by atoms with E-state index in [2.05, 4.69) is 32.6 Å². The van der Waals surface area contributed by atoms with Crippen LogP contribution >= 0.6 is 0 Å². The first kappa shape index (κ1) is 32.0. The van der Waals surface area contributed by atoms with E-state index < -0.39 is 0 Å². The fourth-order valence-electron chi connectivity index (χ4n) is 4.87. The van der Waals surface area contributed by atoms with Gasteiger partial charge in [-0.3, -0.25) is 0 Å². The summed E-state index contributed by atoms with van der Waals surface area (Å²) < 4.78 is 0. The first-order valence-electron chi connectivity index (χ1n) is 15.4. The molecule has 1 heteroatoms. The van der Waals surface area contributed by atoms with E-state index in [1.54, 1.807) is 0 Å². The number of hydrogen-bond donors (Lipinski definition) is 0. The van der Waals surface area contributed by atoms with Crippen molar-refractivity contribution in [3.05, 3.63) is 0 Å². The van der Waals surface area contributed by atoms with Crippen molar-refractivity contribution in [1.29, 1.82) is 0 Å². The molecule has 32 heavy (non-hydrogen) atoms. The van der Waals surface area contributed by atoms with Gasteiger partial charge >= 0.3 is 0 Å². The molecule has 0 spiro atoms. The van der Waals surface area contributed by atoms with Gasteiger partial charge in [-0.05, 0) is 44.8 Å². The summed E-state index contributed by atoms with van der Waals surface area (Å²) in [6, 6.07) is 0. The van der Waals surface area contributed by atoms with Crippen molar-refractivity contribution in [3.63, 3.8) is 0 Å². The maximum absolute atomic E-state index is 2.82. The van der Waals surface area contributed by atoms with E-state index in [-0.39, 0.29) is 0 Å². The number of nitrogens with zero attached hydrogens (tertiary/aromatic N) is 1. The molecule has 0 rings (SSSR count). The number of hydrogen-bond acceptors (Lipinski definition) is 1. The van der Waals surface area contributed by atoms with Gasteiger partial charge in [-0.1, -0.05) is 156 Å². The largest absolute Gasteiger partial charge is 0.303 e. The van der Waals surface area contributed by atoms with E-state index in [9.17, 15) is 0 Å². The summed E-state index contributed by atoms with van der Waals surface area (Å²) in [5.74, 6) is 0.879. The Morgan fingerprint density at radius 3 is 0.969 bits per heavy atom. The van der Waals surface area contributed by atoms with E-state index in [1.807, 2.05) is 0 Å². The molecule has 0 radical (unpaired) electrons. The lowest BCUT2D eigenvalue weighted by molar-refractivity contribution is 0.253. The minimum atomic E-state index is 0.879. The minimum absolute atomic E-state index is 0.879. The van der Waals surface area contributed by atoms with Gasteiger partial charge in [0.05, 0.1) is 0 Å². The van der Waals surface area contributed by atoms with Crippen LogP contribution in [0, 0.1) is 5.92 Å². The summed E-state index contributed by atoms with van der Waals surface area (Å²) in [4.78, 5) is 2.82. The molecule has 0 fully saturated rings.